The fourth-order valence-corrected chi connectivity index (χ4v) is 3.95. The Hall–Kier alpha value is -0.470. The Morgan fingerprint density at radius 2 is 2.11 bits per heavy atom. The smallest absolute Gasteiger partial charge is 0.324 e. The van der Waals surface area contributed by atoms with E-state index in [1.807, 2.05) is 6.92 Å². The zero-order valence-electron chi connectivity index (χ0n) is 9.61. The van der Waals surface area contributed by atoms with Gasteiger partial charge in [-0.05, 0) is 12.5 Å². The summed E-state index contributed by atoms with van der Waals surface area (Å²) in [5, 5.41) is 14.7. The topological polar surface area (TPSA) is 72.2 Å². The van der Waals surface area contributed by atoms with E-state index < -0.39 is 4.92 Å². The highest BCUT2D eigenvalue weighted by molar-refractivity contribution is 9.09. The third-order valence-electron chi connectivity index (χ3n) is 2.56. The summed E-state index contributed by atoms with van der Waals surface area (Å²) in [6, 6.07) is 2.82. The normalized spacial score (nSPS) is 11.3. The van der Waals surface area contributed by atoms with Gasteiger partial charge in [-0.2, -0.15) is 0 Å². The second kappa shape index (κ2) is 6.63. The minimum atomic E-state index is -0.497. The number of carbonyl (C=O) groups is 1. The number of amides is 1. The van der Waals surface area contributed by atoms with Crippen LogP contribution in [-0.4, -0.2) is 27.0 Å². The van der Waals surface area contributed by atoms with Crippen molar-refractivity contribution in [3.8, 4) is 0 Å². The van der Waals surface area contributed by atoms with Gasteiger partial charge in [0, 0.05) is 16.7 Å². The number of nitrogens with zero attached hydrogens (tertiary/aromatic N) is 1. The molecule has 0 atom stereocenters. The molecule has 0 aliphatic rings. The lowest BCUT2D eigenvalue weighted by molar-refractivity contribution is -0.380. The molecule has 0 radical (unpaired) electrons. The van der Waals surface area contributed by atoms with Crippen LogP contribution < -0.4 is 5.32 Å². The van der Waals surface area contributed by atoms with Crippen LogP contribution in [0.4, 0.5) is 5.00 Å². The molecular formula is C10H12Br2N2O3S. The Morgan fingerprint density at radius 1 is 1.50 bits per heavy atom. The fraction of sp³-hybridized carbons (Fsp3) is 0.500. The summed E-state index contributed by atoms with van der Waals surface area (Å²) < 4.78 is 0. The number of carbonyl (C=O) groups excluding carboxylic acids is 1. The predicted octanol–water partition coefficient (Wildman–Crippen LogP) is 3.32. The highest BCUT2D eigenvalue weighted by Crippen LogP contribution is 2.25. The van der Waals surface area contributed by atoms with Gasteiger partial charge in [-0.15, -0.1) is 0 Å². The maximum atomic E-state index is 12.0. The standard InChI is InChI=1S/C10H12Br2N2O3S/c1-2-10(5-11,6-12)13-9(15)7-3-4-8(18-7)14(16)17/h3-4H,2,5-6H2,1H3,(H,13,15). The van der Waals surface area contributed by atoms with Gasteiger partial charge in [0.05, 0.1) is 15.3 Å². The van der Waals surface area contributed by atoms with Crippen LogP contribution in [0.15, 0.2) is 12.1 Å². The van der Waals surface area contributed by atoms with Crippen LogP contribution in [0.25, 0.3) is 0 Å². The Balaban J connectivity index is 2.84. The minimum absolute atomic E-state index is 0.0278. The average molecular weight is 400 g/mol. The minimum Gasteiger partial charge on any atom is -0.344 e. The first-order valence-electron chi connectivity index (χ1n) is 5.16. The quantitative estimate of drug-likeness (QED) is 0.453. The van der Waals surface area contributed by atoms with Crippen LogP contribution in [0.1, 0.15) is 23.0 Å². The molecule has 0 aliphatic heterocycles. The molecule has 0 unspecified atom stereocenters. The molecule has 0 saturated carbocycles. The molecule has 1 heterocycles. The maximum absolute atomic E-state index is 12.0. The molecule has 5 nitrogen and oxygen atoms in total. The van der Waals surface area contributed by atoms with Crippen molar-refractivity contribution in [2.24, 2.45) is 0 Å². The first-order chi connectivity index (χ1) is 8.48. The Morgan fingerprint density at radius 3 is 2.50 bits per heavy atom. The lowest BCUT2D eigenvalue weighted by Crippen LogP contribution is -2.50. The van der Waals surface area contributed by atoms with Crippen LogP contribution in [0.2, 0.25) is 0 Å². The van der Waals surface area contributed by atoms with Crippen molar-refractivity contribution in [1.29, 1.82) is 0 Å². The zero-order chi connectivity index (χ0) is 13.8. The van der Waals surface area contributed by atoms with Crippen LogP contribution in [-0.2, 0) is 0 Å². The first kappa shape index (κ1) is 15.6. The molecular weight excluding hydrogens is 388 g/mol. The molecule has 0 saturated heterocycles. The summed E-state index contributed by atoms with van der Waals surface area (Å²) in [6.07, 6.45) is 0.753. The number of nitrogens with one attached hydrogen (secondary N) is 1. The van der Waals surface area contributed by atoms with Gasteiger partial charge in [-0.25, -0.2) is 0 Å². The van der Waals surface area contributed by atoms with Gasteiger partial charge < -0.3 is 5.32 Å². The number of hydrogen-bond acceptors (Lipinski definition) is 4. The third kappa shape index (κ3) is 3.52. The Bertz CT molecular complexity index is 438. The summed E-state index contributed by atoms with van der Waals surface area (Å²) in [7, 11) is 0. The third-order valence-corrected chi connectivity index (χ3v) is 5.75. The maximum Gasteiger partial charge on any atom is 0.324 e. The van der Waals surface area contributed by atoms with E-state index in [-0.39, 0.29) is 16.4 Å². The van der Waals surface area contributed by atoms with E-state index in [0.717, 1.165) is 17.8 Å². The highest BCUT2D eigenvalue weighted by atomic mass is 79.9. The average Bonchev–Trinajstić information content (AvgIpc) is 2.86. The summed E-state index contributed by atoms with van der Waals surface area (Å²) in [5.41, 5.74) is -0.379. The molecule has 0 aromatic carbocycles. The molecule has 0 spiro atoms. The van der Waals surface area contributed by atoms with Crippen LogP contribution in [0.5, 0.6) is 0 Å². The van der Waals surface area contributed by atoms with E-state index in [2.05, 4.69) is 37.2 Å². The van der Waals surface area contributed by atoms with E-state index in [9.17, 15) is 14.9 Å². The number of nitro groups is 1. The van der Waals surface area contributed by atoms with E-state index in [1.165, 1.54) is 12.1 Å². The van der Waals surface area contributed by atoms with Gasteiger partial charge in [-0.1, -0.05) is 50.1 Å². The second-order valence-corrected chi connectivity index (χ2v) is 5.93. The number of rotatable bonds is 6. The van der Waals surface area contributed by atoms with E-state index in [1.54, 1.807) is 0 Å². The second-order valence-electron chi connectivity index (χ2n) is 3.75. The zero-order valence-corrected chi connectivity index (χ0v) is 13.6. The molecule has 100 valence electrons. The van der Waals surface area contributed by atoms with E-state index in [0.29, 0.717) is 15.5 Å². The van der Waals surface area contributed by atoms with Gasteiger partial charge in [0.25, 0.3) is 5.91 Å². The molecule has 0 bridgehead atoms. The Labute approximate surface area is 125 Å². The van der Waals surface area contributed by atoms with Gasteiger partial charge in [0.2, 0.25) is 0 Å². The molecule has 8 heteroatoms. The molecule has 0 aliphatic carbocycles. The highest BCUT2D eigenvalue weighted by Gasteiger charge is 2.29. The number of halogens is 2. The SMILES string of the molecule is CCC(CBr)(CBr)NC(=O)c1ccc([N+](=O)[O-])s1. The lowest BCUT2D eigenvalue weighted by atomic mass is 10.0. The summed E-state index contributed by atoms with van der Waals surface area (Å²) >= 11 is 7.63. The number of alkyl halides is 2. The van der Waals surface area contributed by atoms with Gasteiger partial charge >= 0.3 is 5.00 Å². The van der Waals surface area contributed by atoms with E-state index >= 15 is 0 Å². The van der Waals surface area contributed by atoms with Crippen LogP contribution >= 0.6 is 43.2 Å². The Kier molecular flexibility index (Phi) is 5.74. The number of hydrogen-bond donors (Lipinski definition) is 1. The molecule has 1 aromatic rings. The largest absolute Gasteiger partial charge is 0.344 e. The van der Waals surface area contributed by atoms with Crippen molar-refractivity contribution in [2.75, 3.05) is 10.7 Å². The van der Waals surface area contributed by atoms with Gasteiger partial charge in [0.1, 0.15) is 0 Å². The van der Waals surface area contributed by atoms with Crippen molar-refractivity contribution in [3.05, 3.63) is 27.1 Å². The van der Waals surface area contributed by atoms with Crippen molar-refractivity contribution >= 4 is 54.1 Å². The summed E-state index contributed by atoms with van der Waals surface area (Å²) in [6.45, 7) is 1.97. The van der Waals surface area contributed by atoms with Gasteiger partial charge in [0.15, 0.2) is 0 Å². The van der Waals surface area contributed by atoms with Gasteiger partial charge in [-0.3, -0.25) is 14.9 Å². The number of thiophene rings is 1. The van der Waals surface area contributed by atoms with E-state index in [4.69, 9.17) is 0 Å². The molecule has 1 amide bonds. The summed E-state index contributed by atoms with van der Waals surface area (Å²) in [5.74, 6) is -0.283. The predicted molar refractivity (Wildman–Crippen MR) is 79.0 cm³/mol. The molecule has 0 fully saturated rings. The molecule has 1 rings (SSSR count). The van der Waals surface area contributed by atoms with Crippen molar-refractivity contribution in [2.45, 2.75) is 18.9 Å². The molecule has 1 aromatic heterocycles. The van der Waals surface area contributed by atoms with Crippen LogP contribution in [0.3, 0.4) is 0 Å². The van der Waals surface area contributed by atoms with Crippen molar-refractivity contribution in [3.63, 3.8) is 0 Å². The summed E-state index contributed by atoms with van der Waals surface area (Å²) in [4.78, 5) is 22.4. The van der Waals surface area contributed by atoms with Crippen molar-refractivity contribution in [1.82, 2.24) is 5.32 Å². The molecule has 1 N–H and O–H groups in total. The van der Waals surface area contributed by atoms with Crippen molar-refractivity contribution < 1.29 is 9.72 Å². The fourth-order valence-electron chi connectivity index (χ4n) is 1.23. The lowest BCUT2D eigenvalue weighted by Gasteiger charge is -2.29. The van der Waals surface area contributed by atoms with Crippen LogP contribution in [0, 0.1) is 10.1 Å². The molecule has 18 heavy (non-hydrogen) atoms. The monoisotopic (exact) mass is 398 g/mol. The first-order valence-corrected chi connectivity index (χ1v) is 8.22.